The number of aromatic nitrogens is 4. The molecule has 8 nitrogen and oxygen atoms in total. The number of hydrogen-bond donors (Lipinski definition) is 1. The average molecular weight is 349 g/mol. The van der Waals surface area contributed by atoms with Crippen LogP contribution in [-0.4, -0.2) is 27.6 Å². The summed E-state index contributed by atoms with van der Waals surface area (Å²) >= 11 is 0. The second-order valence-corrected chi connectivity index (χ2v) is 6.81. The van der Waals surface area contributed by atoms with E-state index >= 15 is 0 Å². The molecule has 0 amide bonds. The summed E-state index contributed by atoms with van der Waals surface area (Å²) in [5.74, 6) is 1.25. The van der Waals surface area contributed by atoms with E-state index in [9.17, 15) is 13.0 Å². The maximum absolute atomic E-state index is 10.4. The molecule has 0 atom stereocenters. The molecular weight excluding hydrogens is 330 g/mol. The van der Waals surface area contributed by atoms with Gasteiger partial charge in [-0.25, -0.2) is 13.0 Å². The fourth-order valence-corrected chi connectivity index (χ4v) is 2.55. The number of benzene rings is 1. The van der Waals surface area contributed by atoms with E-state index < -0.39 is 10.1 Å². The van der Waals surface area contributed by atoms with Crippen molar-refractivity contribution in [1.82, 2.24) is 14.6 Å². The molecule has 0 saturated heterocycles. The summed E-state index contributed by atoms with van der Waals surface area (Å²) in [4.78, 5) is 4.16. The molecular formula is C15H19N5O3S. The fourth-order valence-electron chi connectivity index (χ4n) is 2.08. The monoisotopic (exact) mass is 349 g/mol. The molecule has 3 rings (SSSR count). The normalized spacial score (nSPS) is 11.2. The van der Waals surface area contributed by atoms with Gasteiger partial charge in [0, 0.05) is 18.2 Å². The third-order valence-electron chi connectivity index (χ3n) is 3.37. The van der Waals surface area contributed by atoms with Crippen LogP contribution in [0.1, 0.15) is 17.0 Å². The van der Waals surface area contributed by atoms with Crippen LogP contribution in [0.2, 0.25) is 0 Å². The largest absolute Gasteiger partial charge is 0.744 e. The Bertz CT molecular complexity index is 979. The first-order valence-corrected chi connectivity index (χ1v) is 8.51. The number of aryl methyl sites for hydroxylation is 4. The highest BCUT2D eigenvalue weighted by atomic mass is 32.2. The maximum Gasteiger partial charge on any atom is 0.358 e. The Morgan fingerprint density at radius 1 is 1.17 bits per heavy atom. The van der Waals surface area contributed by atoms with Gasteiger partial charge in [0.25, 0.3) is 0 Å². The first kappa shape index (κ1) is 17.8. The van der Waals surface area contributed by atoms with Crippen LogP contribution in [0.3, 0.4) is 0 Å². The Kier molecular flexibility index (Phi) is 4.86. The standard InChI is InChI=1S/C8H12N5.C7H8O3S/c1-5-4-6(2)13-8(10-5)12(3)7(9)11-13;1-6-2-4-7(5-3-6)11(8,9)10/h4H,1-3H3,(H2,9,11);2-5H,1H3,(H,8,9,10)/q+1;/p-1. The molecule has 9 heteroatoms. The van der Waals surface area contributed by atoms with Crippen LogP contribution in [0.4, 0.5) is 5.95 Å². The van der Waals surface area contributed by atoms with E-state index in [4.69, 9.17) is 5.73 Å². The first-order valence-electron chi connectivity index (χ1n) is 7.10. The highest BCUT2D eigenvalue weighted by molar-refractivity contribution is 7.85. The molecule has 24 heavy (non-hydrogen) atoms. The topological polar surface area (TPSA) is 117 Å². The molecule has 0 aliphatic heterocycles. The van der Waals surface area contributed by atoms with Crippen LogP contribution in [0.25, 0.3) is 5.78 Å². The second-order valence-electron chi connectivity index (χ2n) is 5.44. The van der Waals surface area contributed by atoms with Crippen molar-refractivity contribution in [3.63, 3.8) is 0 Å². The number of hydrogen-bond acceptors (Lipinski definition) is 6. The number of nitrogen functional groups attached to an aromatic ring is 1. The average Bonchev–Trinajstić information content (AvgIpc) is 2.76. The van der Waals surface area contributed by atoms with Crippen LogP contribution >= 0.6 is 0 Å². The van der Waals surface area contributed by atoms with Crippen molar-refractivity contribution in [2.45, 2.75) is 25.7 Å². The molecule has 0 bridgehead atoms. The van der Waals surface area contributed by atoms with E-state index in [1.165, 1.54) is 12.1 Å². The SMILES string of the molecule is Cc1cc(C)n2nc(N)[n+](C)c2n1.Cc1ccc(S(=O)(=O)[O-])cc1. The smallest absolute Gasteiger partial charge is 0.358 e. The molecule has 2 heterocycles. The van der Waals surface area contributed by atoms with E-state index in [1.54, 1.807) is 21.2 Å². The molecule has 0 spiro atoms. The van der Waals surface area contributed by atoms with E-state index in [1.807, 2.05) is 33.9 Å². The number of nitrogens with zero attached hydrogens (tertiary/aromatic N) is 4. The lowest BCUT2D eigenvalue weighted by Crippen LogP contribution is -2.31. The van der Waals surface area contributed by atoms with E-state index in [-0.39, 0.29) is 4.90 Å². The summed E-state index contributed by atoms with van der Waals surface area (Å²) in [5, 5.41) is 4.15. The Hall–Kier alpha value is -2.52. The van der Waals surface area contributed by atoms with Gasteiger partial charge in [-0.2, -0.15) is 0 Å². The predicted molar refractivity (Wildman–Crippen MR) is 87.2 cm³/mol. The van der Waals surface area contributed by atoms with Crippen LogP contribution in [0.15, 0.2) is 35.2 Å². The molecule has 0 aliphatic carbocycles. The molecule has 0 unspecified atom stereocenters. The van der Waals surface area contributed by atoms with Gasteiger partial charge in [-0.15, -0.1) is 9.50 Å². The number of nitrogens with two attached hydrogens (primary N) is 1. The van der Waals surface area contributed by atoms with Crippen molar-refractivity contribution in [3.8, 4) is 0 Å². The number of rotatable bonds is 1. The quantitative estimate of drug-likeness (QED) is 0.509. The minimum atomic E-state index is -4.27. The summed E-state index contributed by atoms with van der Waals surface area (Å²) in [6.45, 7) is 5.76. The Labute approximate surface area is 140 Å². The molecule has 0 radical (unpaired) electrons. The lowest BCUT2D eigenvalue weighted by atomic mass is 10.2. The van der Waals surface area contributed by atoms with Crippen molar-refractivity contribution in [2.75, 3.05) is 5.73 Å². The molecule has 128 valence electrons. The number of anilines is 1. The van der Waals surface area contributed by atoms with Crippen molar-refractivity contribution in [2.24, 2.45) is 7.05 Å². The van der Waals surface area contributed by atoms with Gasteiger partial charge in [-0.05, 0) is 32.9 Å². The van der Waals surface area contributed by atoms with Crippen LogP contribution in [0, 0.1) is 20.8 Å². The van der Waals surface area contributed by atoms with Gasteiger partial charge in [0.15, 0.2) is 0 Å². The van der Waals surface area contributed by atoms with Gasteiger partial charge in [0.2, 0.25) is 0 Å². The predicted octanol–water partition coefficient (Wildman–Crippen LogP) is 0.652. The lowest BCUT2D eigenvalue weighted by Gasteiger charge is -2.05. The molecule has 3 aromatic rings. The Morgan fingerprint density at radius 2 is 1.75 bits per heavy atom. The Morgan fingerprint density at radius 3 is 2.29 bits per heavy atom. The summed E-state index contributed by atoms with van der Waals surface area (Å²) in [6, 6.07) is 7.75. The molecule has 0 saturated carbocycles. The highest BCUT2D eigenvalue weighted by Crippen LogP contribution is 2.08. The highest BCUT2D eigenvalue weighted by Gasteiger charge is 2.15. The van der Waals surface area contributed by atoms with Gasteiger partial charge < -0.3 is 10.3 Å². The van der Waals surface area contributed by atoms with Gasteiger partial charge in [0.05, 0.1) is 16.3 Å². The third kappa shape index (κ3) is 3.87. The minimum Gasteiger partial charge on any atom is -0.744 e. The van der Waals surface area contributed by atoms with Gasteiger partial charge in [0.1, 0.15) is 10.1 Å². The van der Waals surface area contributed by atoms with Crippen LogP contribution < -0.4 is 10.3 Å². The van der Waals surface area contributed by atoms with Crippen molar-refractivity contribution < 1.29 is 17.5 Å². The fraction of sp³-hybridized carbons (Fsp3) is 0.267. The maximum atomic E-state index is 10.4. The summed E-state index contributed by atoms with van der Waals surface area (Å²) in [6.07, 6.45) is 0. The van der Waals surface area contributed by atoms with Crippen molar-refractivity contribution >= 4 is 21.8 Å². The molecule has 2 aromatic heterocycles. The van der Waals surface area contributed by atoms with E-state index in [0.29, 0.717) is 5.95 Å². The molecule has 0 fully saturated rings. The lowest BCUT2D eigenvalue weighted by molar-refractivity contribution is -0.633. The second kappa shape index (κ2) is 6.54. The zero-order valence-corrected chi connectivity index (χ0v) is 14.7. The van der Waals surface area contributed by atoms with Crippen molar-refractivity contribution in [1.29, 1.82) is 0 Å². The Balaban J connectivity index is 0.000000177. The zero-order valence-electron chi connectivity index (χ0n) is 13.9. The third-order valence-corrected chi connectivity index (χ3v) is 4.22. The first-order chi connectivity index (χ1) is 11.1. The van der Waals surface area contributed by atoms with Gasteiger partial charge in [-0.1, -0.05) is 17.7 Å². The van der Waals surface area contributed by atoms with Crippen molar-refractivity contribution in [3.05, 3.63) is 47.3 Å². The van der Waals surface area contributed by atoms with Crippen LogP contribution in [-0.2, 0) is 17.2 Å². The minimum absolute atomic E-state index is 0.178. The summed E-state index contributed by atoms with van der Waals surface area (Å²) in [5.41, 5.74) is 8.60. The van der Waals surface area contributed by atoms with Gasteiger partial charge in [-0.3, -0.25) is 0 Å². The van der Waals surface area contributed by atoms with Crippen LogP contribution in [0.5, 0.6) is 0 Å². The summed E-state index contributed by atoms with van der Waals surface area (Å²) in [7, 11) is -2.42. The number of fused-ring (bicyclic) bond motifs is 1. The summed E-state index contributed by atoms with van der Waals surface area (Å²) < 4.78 is 34.7. The molecule has 0 aliphatic rings. The molecule has 1 aromatic carbocycles. The van der Waals surface area contributed by atoms with E-state index in [0.717, 1.165) is 22.7 Å². The van der Waals surface area contributed by atoms with E-state index in [2.05, 4.69) is 10.1 Å². The van der Waals surface area contributed by atoms with Gasteiger partial charge >= 0.3 is 11.7 Å². The molecule has 2 N–H and O–H groups in total. The zero-order chi connectivity index (χ0) is 18.1.